The molecule has 6 atom stereocenters. The summed E-state index contributed by atoms with van der Waals surface area (Å²) in [6, 6.07) is 0. The lowest BCUT2D eigenvalue weighted by atomic mass is 9.82. The van der Waals surface area contributed by atoms with Crippen molar-refractivity contribution in [1.29, 1.82) is 0 Å². The van der Waals surface area contributed by atoms with Crippen molar-refractivity contribution in [3.05, 3.63) is 47.6 Å². The number of hydrogen-bond acceptors (Lipinski definition) is 6. The molecule has 0 aromatic carbocycles. The summed E-state index contributed by atoms with van der Waals surface area (Å²) in [5, 5.41) is 45.4. The Morgan fingerprint density at radius 3 is 1.44 bits per heavy atom. The molecule has 0 aliphatic heterocycles. The lowest BCUT2D eigenvalue weighted by Gasteiger charge is -2.26. The molecular weight excluding hydrogens is 552 g/mol. The Bertz CT molecular complexity index is 1010. The highest BCUT2D eigenvalue weighted by atomic mass is 16.4. The van der Waals surface area contributed by atoms with Crippen LogP contribution in [0.3, 0.4) is 0 Å². The number of rotatable bonds is 10. The number of hydrogen-bond donors (Lipinski definition) is 6. The summed E-state index contributed by atoms with van der Waals surface area (Å²) in [6.45, 7) is 11.8. The molecule has 0 spiro atoms. The van der Waals surface area contributed by atoms with Gasteiger partial charge in [-0.1, -0.05) is 50.3 Å². The fraction of sp³-hybridized carbons (Fsp3) is 0.636. The van der Waals surface area contributed by atoms with Crippen LogP contribution in [0.2, 0.25) is 0 Å². The molecule has 10 heteroatoms. The lowest BCUT2D eigenvalue weighted by molar-refractivity contribution is -0.134. The number of carbonyl (C=O) groups is 4. The van der Waals surface area contributed by atoms with Gasteiger partial charge in [-0.3, -0.25) is 9.59 Å². The van der Waals surface area contributed by atoms with E-state index in [2.05, 4.69) is 23.8 Å². The van der Waals surface area contributed by atoms with Gasteiger partial charge < -0.3 is 31.1 Å². The topological polar surface area (TPSA) is 173 Å². The fourth-order valence-electron chi connectivity index (χ4n) is 5.69. The monoisotopic (exact) mass is 602 g/mol. The molecule has 2 rings (SSSR count). The smallest absolute Gasteiger partial charge is 0.331 e. The van der Waals surface area contributed by atoms with Crippen molar-refractivity contribution in [3.8, 4) is 0 Å². The highest BCUT2D eigenvalue weighted by Crippen LogP contribution is 2.30. The molecule has 2 aliphatic rings. The first kappa shape index (κ1) is 36.0. The summed E-state index contributed by atoms with van der Waals surface area (Å²) in [5.74, 6) is -3.76. The van der Waals surface area contributed by atoms with E-state index >= 15 is 0 Å². The zero-order valence-corrected chi connectivity index (χ0v) is 25.6. The van der Waals surface area contributed by atoms with Crippen molar-refractivity contribution in [2.45, 2.75) is 96.7 Å². The first-order valence-electron chi connectivity index (χ1n) is 15.4. The van der Waals surface area contributed by atoms with Crippen LogP contribution >= 0.6 is 0 Å². The van der Waals surface area contributed by atoms with Crippen molar-refractivity contribution >= 4 is 23.8 Å². The molecule has 0 aromatic heterocycles. The largest absolute Gasteiger partial charge is 0.478 e. The van der Waals surface area contributed by atoms with Gasteiger partial charge in [-0.05, 0) is 87.9 Å². The van der Waals surface area contributed by atoms with E-state index in [1.807, 2.05) is 26.0 Å². The van der Waals surface area contributed by atoms with Crippen LogP contribution in [0.15, 0.2) is 47.6 Å². The van der Waals surface area contributed by atoms with E-state index in [0.29, 0.717) is 38.5 Å². The molecule has 10 nitrogen and oxygen atoms in total. The van der Waals surface area contributed by atoms with Gasteiger partial charge in [-0.2, -0.15) is 0 Å². The van der Waals surface area contributed by atoms with Gasteiger partial charge in [0.1, 0.15) is 6.42 Å². The molecule has 0 aromatic rings. The molecule has 2 aliphatic carbocycles. The minimum absolute atomic E-state index is 0.00312. The summed E-state index contributed by atoms with van der Waals surface area (Å²) >= 11 is 0. The summed E-state index contributed by atoms with van der Waals surface area (Å²) < 4.78 is 0. The van der Waals surface area contributed by atoms with Gasteiger partial charge in [0.05, 0.1) is 12.2 Å². The van der Waals surface area contributed by atoms with E-state index < -0.39 is 36.0 Å². The van der Waals surface area contributed by atoms with Crippen LogP contribution in [0.4, 0.5) is 0 Å². The third-order valence-corrected chi connectivity index (χ3v) is 8.98. The molecule has 0 fully saturated rings. The number of carbonyl (C=O) groups excluding carboxylic acids is 2. The Morgan fingerprint density at radius 2 is 1.09 bits per heavy atom. The van der Waals surface area contributed by atoms with Gasteiger partial charge in [0.15, 0.2) is 0 Å². The highest BCUT2D eigenvalue weighted by Gasteiger charge is 2.27. The number of amides is 2. The second-order valence-corrected chi connectivity index (χ2v) is 12.3. The molecular formula is C33H50N2O8. The van der Waals surface area contributed by atoms with Crippen molar-refractivity contribution < 1.29 is 39.6 Å². The van der Waals surface area contributed by atoms with Gasteiger partial charge in [0, 0.05) is 24.2 Å². The minimum atomic E-state index is -1.08. The number of aliphatic hydroxyl groups is 2. The van der Waals surface area contributed by atoms with E-state index in [-0.39, 0.29) is 54.3 Å². The van der Waals surface area contributed by atoms with Gasteiger partial charge in [-0.25, -0.2) is 9.59 Å². The zero-order valence-electron chi connectivity index (χ0n) is 25.6. The van der Waals surface area contributed by atoms with Crippen LogP contribution in [-0.2, 0) is 19.2 Å². The number of aliphatic hydroxyl groups excluding tert-OH is 2. The van der Waals surface area contributed by atoms with Crippen molar-refractivity contribution in [2.24, 2.45) is 23.7 Å². The van der Waals surface area contributed by atoms with Crippen LogP contribution in [0, 0.1) is 23.7 Å². The van der Waals surface area contributed by atoms with Crippen molar-refractivity contribution in [1.82, 2.24) is 10.6 Å². The maximum absolute atomic E-state index is 12.6. The zero-order chi connectivity index (χ0) is 32.1. The molecule has 43 heavy (non-hydrogen) atoms. The highest BCUT2D eigenvalue weighted by molar-refractivity contribution is 5.97. The molecule has 0 heterocycles. The summed E-state index contributed by atoms with van der Waals surface area (Å²) in [5.41, 5.74) is 2.05. The van der Waals surface area contributed by atoms with Crippen molar-refractivity contribution in [3.63, 3.8) is 0 Å². The quantitative estimate of drug-likeness (QED) is 0.124. The first-order chi connectivity index (χ1) is 20.3. The predicted molar refractivity (Wildman–Crippen MR) is 164 cm³/mol. The molecule has 0 radical (unpaired) electrons. The Hall–Kier alpha value is -3.24. The van der Waals surface area contributed by atoms with Gasteiger partial charge >= 0.3 is 11.9 Å². The summed E-state index contributed by atoms with van der Waals surface area (Å²) in [4.78, 5) is 48.2. The Morgan fingerprint density at radius 1 is 0.721 bits per heavy atom. The first-order valence-corrected chi connectivity index (χ1v) is 15.4. The number of carboxylic acids is 2. The van der Waals surface area contributed by atoms with E-state index in [1.54, 1.807) is 0 Å². The number of carboxylic acid groups (broad SMARTS) is 2. The van der Waals surface area contributed by atoms with Gasteiger partial charge in [0.25, 0.3) is 0 Å². The summed E-state index contributed by atoms with van der Waals surface area (Å²) in [7, 11) is 0. The number of allylic oxidation sites excluding steroid dienone is 2. The number of aliphatic carboxylic acids is 2. The Labute approximate surface area is 255 Å². The second kappa shape index (κ2) is 17.8. The van der Waals surface area contributed by atoms with Crippen LogP contribution in [-0.4, -0.2) is 69.5 Å². The maximum Gasteiger partial charge on any atom is 0.331 e. The van der Waals surface area contributed by atoms with E-state index in [0.717, 1.165) is 36.8 Å². The van der Waals surface area contributed by atoms with Crippen LogP contribution in [0.5, 0.6) is 0 Å². The SMILES string of the molecule is C=C(C(=O)O)C1CC/C(CNC(=O)CC(=O)NC/C2=C/CCC(C)C(O)CC(C(=C)C(=O)O)CC2)=C\CCC(C)C(O)C1. The summed E-state index contributed by atoms with van der Waals surface area (Å²) in [6.07, 6.45) is 8.13. The van der Waals surface area contributed by atoms with E-state index in [9.17, 15) is 39.6 Å². The van der Waals surface area contributed by atoms with Crippen LogP contribution in [0.25, 0.3) is 0 Å². The van der Waals surface area contributed by atoms with E-state index in [4.69, 9.17) is 0 Å². The lowest BCUT2D eigenvalue weighted by Crippen LogP contribution is -2.34. The molecule has 0 saturated heterocycles. The van der Waals surface area contributed by atoms with E-state index in [1.165, 1.54) is 0 Å². The molecule has 0 bridgehead atoms. The molecule has 240 valence electrons. The average Bonchev–Trinajstić information content (AvgIpc) is 2.95. The van der Waals surface area contributed by atoms with Crippen LogP contribution in [0.1, 0.15) is 84.5 Å². The molecule has 2 amide bonds. The molecule has 6 N–H and O–H groups in total. The second-order valence-electron chi connectivity index (χ2n) is 12.3. The van der Waals surface area contributed by atoms with Gasteiger partial charge in [-0.15, -0.1) is 0 Å². The molecule has 6 unspecified atom stereocenters. The standard InChI is InChI=1S/C33H50N2O8/c1-20-7-5-9-24(11-13-26(15-28(20)36)22(3)32(40)41)18-34-30(38)17-31(39)35-19-25-10-6-8-21(2)29(37)16-27(14-12-25)23(4)33(42)43/h9-10,20-21,26-29,36-37H,3-8,11-19H2,1-2H3,(H,34,38)(H,35,39)(H,40,41)(H,42,43)/b24-9+,25-10+. The normalized spacial score (nSPS) is 29.9. The molecule has 0 saturated carbocycles. The number of nitrogens with one attached hydrogen (secondary N) is 2. The average molecular weight is 603 g/mol. The fourth-order valence-corrected chi connectivity index (χ4v) is 5.69. The maximum atomic E-state index is 12.6. The van der Waals surface area contributed by atoms with Gasteiger partial charge in [0.2, 0.25) is 11.8 Å². The minimum Gasteiger partial charge on any atom is -0.478 e. The Balaban J connectivity index is 1.91. The van der Waals surface area contributed by atoms with Crippen LogP contribution < -0.4 is 10.6 Å². The Kier molecular flexibility index (Phi) is 14.9. The third-order valence-electron chi connectivity index (χ3n) is 8.98. The third kappa shape index (κ3) is 12.5. The predicted octanol–water partition coefficient (Wildman–Crippen LogP) is 3.90. The van der Waals surface area contributed by atoms with Crippen molar-refractivity contribution in [2.75, 3.05) is 13.1 Å².